The minimum Gasteiger partial charge on any atom is -0.508 e. The van der Waals surface area contributed by atoms with Crippen LogP contribution < -0.4 is 5.32 Å². The van der Waals surface area contributed by atoms with E-state index in [-0.39, 0.29) is 16.1 Å². The smallest absolute Gasteiger partial charge is 0.254 e. The van der Waals surface area contributed by atoms with Gasteiger partial charge in [-0.3, -0.25) is 4.79 Å². The number of phenols is 1. The van der Waals surface area contributed by atoms with Crippen molar-refractivity contribution in [2.24, 2.45) is 0 Å². The van der Waals surface area contributed by atoms with Crippen LogP contribution in [0.5, 0.6) is 5.75 Å². The first-order valence-electron chi connectivity index (χ1n) is 4.41. The zero-order chi connectivity index (χ0) is 11.4. The molecule has 1 rings (SSSR count). The predicted molar refractivity (Wildman–Crippen MR) is 58.8 cm³/mol. The van der Waals surface area contributed by atoms with E-state index in [4.69, 9.17) is 5.11 Å². The summed E-state index contributed by atoms with van der Waals surface area (Å²) >= 11 is 3.26. The minimum absolute atomic E-state index is 0.0686. The Morgan fingerprint density at radius 3 is 2.87 bits per heavy atom. The van der Waals surface area contributed by atoms with E-state index in [1.54, 1.807) is 0 Å². The normalized spacial score (nSPS) is 12.2. The molecule has 0 fully saturated rings. The highest BCUT2D eigenvalue weighted by Crippen LogP contribution is 2.14. The van der Waals surface area contributed by atoms with Crippen LogP contribution in [0.3, 0.4) is 0 Å². The molecule has 1 aromatic carbocycles. The zero-order valence-electron chi connectivity index (χ0n) is 8.13. The monoisotopic (exact) mass is 275 g/mol. The maximum atomic E-state index is 13.2. The van der Waals surface area contributed by atoms with Gasteiger partial charge in [-0.2, -0.15) is 0 Å². The number of carbonyl (C=O) groups is 1. The fourth-order valence-electron chi connectivity index (χ4n) is 1.02. The summed E-state index contributed by atoms with van der Waals surface area (Å²) in [6.45, 7) is 2.28. The Kier molecular flexibility index (Phi) is 4.08. The second kappa shape index (κ2) is 5.11. The molecule has 1 amide bonds. The van der Waals surface area contributed by atoms with Gasteiger partial charge in [0.1, 0.15) is 11.6 Å². The van der Waals surface area contributed by atoms with Gasteiger partial charge in [-0.05, 0) is 12.1 Å². The van der Waals surface area contributed by atoms with E-state index < -0.39 is 11.7 Å². The van der Waals surface area contributed by atoms with E-state index >= 15 is 0 Å². The van der Waals surface area contributed by atoms with Crippen molar-refractivity contribution in [3.8, 4) is 5.75 Å². The summed E-state index contributed by atoms with van der Waals surface area (Å²) < 4.78 is 13.2. The van der Waals surface area contributed by atoms with Crippen molar-refractivity contribution in [1.29, 1.82) is 0 Å². The van der Waals surface area contributed by atoms with Gasteiger partial charge in [0, 0.05) is 17.4 Å². The number of rotatable bonds is 3. The maximum Gasteiger partial charge on any atom is 0.254 e. The van der Waals surface area contributed by atoms with Crippen molar-refractivity contribution in [3.05, 3.63) is 29.6 Å². The van der Waals surface area contributed by atoms with E-state index in [2.05, 4.69) is 21.2 Å². The van der Waals surface area contributed by atoms with Crippen LogP contribution in [-0.2, 0) is 0 Å². The molecule has 0 radical (unpaired) electrons. The van der Waals surface area contributed by atoms with E-state index in [9.17, 15) is 9.18 Å². The topological polar surface area (TPSA) is 49.3 Å². The van der Waals surface area contributed by atoms with Crippen LogP contribution in [0, 0.1) is 5.82 Å². The lowest BCUT2D eigenvalue weighted by Crippen LogP contribution is -2.29. The van der Waals surface area contributed by atoms with Crippen LogP contribution in [0.1, 0.15) is 17.3 Å². The second-order valence-corrected chi connectivity index (χ2v) is 4.72. The third kappa shape index (κ3) is 3.51. The molecule has 2 N–H and O–H groups in total. The molecule has 3 nitrogen and oxygen atoms in total. The molecule has 1 aromatic rings. The Hall–Kier alpha value is -1.10. The SMILES string of the molecule is CC(Br)CNC(=O)c1ccc(O)cc1F. The molecule has 0 spiro atoms. The van der Waals surface area contributed by atoms with E-state index in [1.807, 2.05) is 6.92 Å². The van der Waals surface area contributed by atoms with Crippen LogP contribution in [0.15, 0.2) is 18.2 Å². The van der Waals surface area contributed by atoms with Gasteiger partial charge in [-0.1, -0.05) is 22.9 Å². The molecule has 0 heterocycles. The van der Waals surface area contributed by atoms with Crippen LogP contribution in [-0.4, -0.2) is 22.4 Å². The molecular weight excluding hydrogens is 265 g/mol. The van der Waals surface area contributed by atoms with Gasteiger partial charge in [0.2, 0.25) is 0 Å². The number of amides is 1. The summed E-state index contributed by atoms with van der Waals surface area (Å²) in [5.41, 5.74) is -0.0686. The molecule has 1 unspecified atom stereocenters. The molecule has 0 bridgehead atoms. The van der Waals surface area contributed by atoms with Gasteiger partial charge in [0.15, 0.2) is 0 Å². The lowest BCUT2D eigenvalue weighted by atomic mass is 10.2. The molecule has 0 aliphatic heterocycles. The van der Waals surface area contributed by atoms with Crippen LogP contribution in [0.25, 0.3) is 0 Å². The van der Waals surface area contributed by atoms with Gasteiger partial charge in [0.05, 0.1) is 5.56 Å². The first-order chi connectivity index (χ1) is 7.00. The van der Waals surface area contributed by atoms with Gasteiger partial charge >= 0.3 is 0 Å². The van der Waals surface area contributed by atoms with Gasteiger partial charge < -0.3 is 10.4 Å². The highest BCUT2D eigenvalue weighted by molar-refractivity contribution is 9.09. The minimum atomic E-state index is -0.727. The van der Waals surface area contributed by atoms with E-state index in [1.165, 1.54) is 12.1 Å². The maximum absolute atomic E-state index is 13.2. The van der Waals surface area contributed by atoms with Crippen molar-refractivity contribution in [2.75, 3.05) is 6.54 Å². The molecular formula is C10H11BrFNO2. The Balaban J connectivity index is 2.74. The number of hydrogen-bond acceptors (Lipinski definition) is 2. The van der Waals surface area contributed by atoms with Crippen molar-refractivity contribution < 1.29 is 14.3 Å². The lowest BCUT2D eigenvalue weighted by molar-refractivity contribution is 0.0950. The number of halogens is 2. The van der Waals surface area contributed by atoms with Gasteiger partial charge in [-0.25, -0.2) is 4.39 Å². The molecule has 0 aliphatic carbocycles. The number of carbonyl (C=O) groups excluding carboxylic acids is 1. The van der Waals surface area contributed by atoms with Crippen LogP contribution >= 0.6 is 15.9 Å². The predicted octanol–water partition coefficient (Wildman–Crippen LogP) is 2.04. The van der Waals surface area contributed by atoms with Crippen LogP contribution in [0.2, 0.25) is 0 Å². The van der Waals surface area contributed by atoms with Crippen molar-refractivity contribution >= 4 is 21.8 Å². The number of hydrogen-bond donors (Lipinski definition) is 2. The van der Waals surface area contributed by atoms with E-state index in [0.29, 0.717) is 6.54 Å². The highest BCUT2D eigenvalue weighted by atomic mass is 79.9. The Labute approximate surface area is 95.4 Å². The second-order valence-electron chi connectivity index (χ2n) is 3.15. The summed E-state index contributed by atoms with van der Waals surface area (Å²) in [6.07, 6.45) is 0. The zero-order valence-corrected chi connectivity index (χ0v) is 9.71. The number of phenolic OH excluding ortho intramolecular Hbond substituents is 1. The van der Waals surface area contributed by atoms with Gasteiger partial charge in [0.25, 0.3) is 5.91 Å². The van der Waals surface area contributed by atoms with Crippen LogP contribution in [0.4, 0.5) is 4.39 Å². The first-order valence-corrected chi connectivity index (χ1v) is 5.33. The van der Waals surface area contributed by atoms with E-state index in [0.717, 1.165) is 6.07 Å². The Morgan fingerprint density at radius 2 is 2.33 bits per heavy atom. The molecule has 0 saturated carbocycles. The summed E-state index contributed by atoms with van der Waals surface area (Å²) in [4.78, 5) is 11.6. The summed E-state index contributed by atoms with van der Waals surface area (Å²) in [7, 11) is 0. The number of nitrogens with one attached hydrogen (secondary N) is 1. The van der Waals surface area contributed by atoms with Crippen molar-refractivity contribution in [3.63, 3.8) is 0 Å². The summed E-state index contributed by atoms with van der Waals surface area (Å²) in [6, 6.07) is 3.43. The van der Waals surface area contributed by atoms with Crippen molar-refractivity contribution in [2.45, 2.75) is 11.8 Å². The molecule has 82 valence electrons. The molecule has 0 aromatic heterocycles. The third-order valence-electron chi connectivity index (χ3n) is 1.74. The largest absolute Gasteiger partial charge is 0.508 e. The number of benzene rings is 1. The van der Waals surface area contributed by atoms with Gasteiger partial charge in [-0.15, -0.1) is 0 Å². The quantitative estimate of drug-likeness (QED) is 0.830. The standard InChI is InChI=1S/C10H11BrFNO2/c1-6(11)5-13-10(15)8-3-2-7(14)4-9(8)12/h2-4,6,14H,5H2,1H3,(H,13,15). The first kappa shape index (κ1) is 12.0. The molecule has 0 saturated heterocycles. The lowest BCUT2D eigenvalue weighted by Gasteiger charge is -2.07. The summed E-state index contributed by atoms with van der Waals surface area (Å²) in [5, 5.41) is 11.5. The summed E-state index contributed by atoms with van der Waals surface area (Å²) in [5.74, 6) is -1.41. The molecule has 15 heavy (non-hydrogen) atoms. The Morgan fingerprint density at radius 1 is 1.67 bits per heavy atom. The molecule has 1 atom stereocenters. The van der Waals surface area contributed by atoms with Crippen molar-refractivity contribution in [1.82, 2.24) is 5.32 Å². The Bertz CT molecular complexity index is 368. The fourth-order valence-corrected chi connectivity index (χ4v) is 1.18. The molecule has 5 heteroatoms. The number of alkyl halides is 1. The molecule has 0 aliphatic rings. The third-order valence-corrected chi connectivity index (χ3v) is 2.06. The fraction of sp³-hybridized carbons (Fsp3) is 0.300. The average molecular weight is 276 g/mol. The number of aromatic hydroxyl groups is 1. The average Bonchev–Trinajstić information content (AvgIpc) is 2.14. The highest BCUT2D eigenvalue weighted by Gasteiger charge is 2.12.